The van der Waals surface area contributed by atoms with Crippen LogP contribution in [0.5, 0.6) is 5.75 Å². The summed E-state index contributed by atoms with van der Waals surface area (Å²) in [4.78, 5) is 17.4. The Kier molecular flexibility index (Phi) is 4.84. The van der Waals surface area contributed by atoms with Gasteiger partial charge in [-0.15, -0.1) is 0 Å². The van der Waals surface area contributed by atoms with Crippen LogP contribution in [0.4, 0.5) is 5.69 Å². The SMILES string of the molecule is Cc1cccn2cc(-c3ccccc3NC(=O)COc3ccc4ccccc4c3)nc12. The first-order valence-corrected chi connectivity index (χ1v) is 10.1. The number of anilines is 1. The lowest BCUT2D eigenvalue weighted by Gasteiger charge is -2.11. The maximum Gasteiger partial charge on any atom is 0.262 e. The number of amides is 1. The lowest BCUT2D eigenvalue weighted by molar-refractivity contribution is -0.118. The van der Waals surface area contributed by atoms with Crippen molar-refractivity contribution in [2.45, 2.75) is 6.92 Å². The molecule has 0 bridgehead atoms. The van der Waals surface area contributed by atoms with E-state index < -0.39 is 0 Å². The second-order valence-electron chi connectivity index (χ2n) is 7.44. The Morgan fingerprint density at radius 2 is 1.77 bits per heavy atom. The molecular formula is C26H21N3O2. The van der Waals surface area contributed by atoms with Crippen molar-refractivity contribution in [1.82, 2.24) is 9.38 Å². The third kappa shape index (κ3) is 3.85. The van der Waals surface area contributed by atoms with Crippen molar-refractivity contribution in [2.24, 2.45) is 0 Å². The Balaban J connectivity index is 1.33. The molecule has 0 fully saturated rings. The van der Waals surface area contributed by atoms with Crippen LogP contribution in [0, 0.1) is 6.92 Å². The minimum absolute atomic E-state index is 0.0725. The monoisotopic (exact) mass is 407 g/mol. The first-order valence-electron chi connectivity index (χ1n) is 10.1. The van der Waals surface area contributed by atoms with Gasteiger partial charge in [-0.05, 0) is 47.5 Å². The highest BCUT2D eigenvalue weighted by Gasteiger charge is 2.12. The second kappa shape index (κ2) is 7.95. The Hall–Kier alpha value is -4.12. The number of fused-ring (bicyclic) bond motifs is 2. The van der Waals surface area contributed by atoms with Crippen molar-refractivity contribution in [3.63, 3.8) is 0 Å². The maximum atomic E-state index is 12.6. The Labute approximate surface area is 179 Å². The maximum absolute atomic E-state index is 12.6. The van der Waals surface area contributed by atoms with E-state index in [0.717, 1.165) is 33.2 Å². The molecule has 0 atom stereocenters. The van der Waals surface area contributed by atoms with Gasteiger partial charge in [-0.1, -0.05) is 54.6 Å². The first-order chi connectivity index (χ1) is 15.2. The highest BCUT2D eigenvalue weighted by atomic mass is 16.5. The van der Waals surface area contributed by atoms with Crippen LogP contribution in [0.2, 0.25) is 0 Å². The zero-order valence-corrected chi connectivity index (χ0v) is 17.1. The fourth-order valence-corrected chi connectivity index (χ4v) is 3.69. The van der Waals surface area contributed by atoms with Crippen LogP contribution >= 0.6 is 0 Å². The third-order valence-corrected chi connectivity index (χ3v) is 5.25. The molecule has 0 spiro atoms. The Morgan fingerprint density at radius 3 is 2.65 bits per heavy atom. The number of carbonyl (C=O) groups is 1. The van der Waals surface area contributed by atoms with E-state index in [0.29, 0.717) is 11.4 Å². The van der Waals surface area contributed by atoms with Crippen LogP contribution in [-0.4, -0.2) is 21.9 Å². The van der Waals surface area contributed by atoms with Crippen LogP contribution in [-0.2, 0) is 4.79 Å². The van der Waals surface area contributed by atoms with Gasteiger partial charge >= 0.3 is 0 Å². The number of rotatable bonds is 5. The van der Waals surface area contributed by atoms with E-state index in [2.05, 4.69) is 5.32 Å². The Bertz CT molecular complexity index is 1400. The summed E-state index contributed by atoms with van der Waals surface area (Å²) in [6, 6.07) is 25.5. The average Bonchev–Trinajstić information content (AvgIpc) is 3.23. The summed E-state index contributed by atoms with van der Waals surface area (Å²) in [6.45, 7) is 1.96. The number of pyridine rings is 1. The smallest absolute Gasteiger partial charge is 0.262 e. The number of nitrogens with one attached hydrogen (secondary N) is 1. The minimum atomic E-state index is -0.222. The summed E-state index contributed by atoms with van der Waals surface area (Å²) < 4.78 is 7.72. The number of ether oxygens (including phenoxy) is 1. The number of hydrogen-bond acceptors (Lipinski definition) is 3. The van der Waals surface area contributed by atoms with Crippen LogP contribution < -0.4 is 10.1 Å². The Morgan fingerprint density at radius 1 is 0.968 bits per heavy atom. The molecular weight excluding hydrogens is 386 g/mol. The molecule has 31 heavy (non-hydrogen) atoms. The summed E-state index contributed by atoms with van der Waals surface area (Å²) in [5, 5.41) is 5.17. The molecule has 0 aliphatic heterocycles. The van der Waals surface area contributed by atoms with Crippen LogP contribution in [0.3, 0.4) is 0 Å². The fourth-order valence-electron chi connectivity index (χ4n) is 3.69. The van der Waals surface area contributed by atoms with E-state index >= 15 is 0 Å². The van der Waals surface area contributed by atoms with E-state index in [1.165, 1.54) is 0 Å². The third-order valence-electron chi connectivity index (χ3n) is 5.25. The number of carbonyl (C=O) groups excluding carboxylic acids is 1. The van der Waals surface area contributed by atoms with Crippen molar-refractivity contribution >= 4 is 28.0 Å². The van der Waals surface area contributed by atoms with Gasteiger partial charge in [0.15, 0.2) is 6.61 Å². The number of aryl methyl sites for hydroxylation is 1. The number of benzene rings is 3. The van der Waals surface area contributed by atoms with Gasteiger partial charge in [0.1, 0.15) is 11.4 Å². The standard InChI is InChI=1S/C26H21N3O2/c1-18-7-6-14-29-16-24(28-26(18)29)22-10-4-5-11-23(22)27-25(30)17-31-21-13-12-19-8-2-3-9-20(19)15-21/h2-16H,17H2,1H3,(H,27,30). The first kappa shape index (κ1) is 18.9. The molecule has 5 nitrogen and oxygen atoms in total. The number of imidazole rings is 1. The predicted octanol–water partition coefficient (Wildman–Crippen LogP) is 5.48. The highest BCUT2D eigenvalue weighted by molar-refractivity contribution is 5.96. The topological polar surface area (TPSA) is 55.6 Å². The molecule has 5 heteroatoms. The molecule has 0 unspecified atom stereocenters. The van der Waals surface area contributed by atoms with Crippen molar-refractivity contribution < 1.29 is 9.53 Å². The molecule has 1 amide bonds. The van der Waals surface area contributed by atoms with Gasteiger partial charge in [0, 0.05) is 18.0 Å². The van der Waals surface area contributed by atoms with Crippen LogP contribution in [0.15, 0.2) is 91.3 Å². The lowest BCUT2D eigenvalue weighted by Crippen LogP contribution is -2.20. The summed E-state index contributed by atoms with van der Waals surface area (Å²) in [5.74, 6) is 0.443. The zero-order chi connectivity index (χ0) is 21.2. The summed E-state index contributed by atoms with van der Waals surface area (Å²) in [6.07, 6.45) is 3.94. The number of para-hydroxylation sites is 1. The highest BCUT2D eigenvalue weighted by Crippen LogP contribution is 2.28. The van der Waals surface area contributed by atoms with E-state index in [9.17, 15) is 4.79 Å². The van der Waals surface area contributed by atoms with Gasteiger partial charge in [0.25, 0.3) is 5.91 Å². The molecule has 0 saturated heterocycles. The molecule has 1 N–H and O–H groups in total. The molecule has 0 aliphatic carbocycles. The van der Waals surface area contributed by atoms with Crippen molar-refractivity contribution in [3.05, 3.63) is 96.8 Å². The van der Waals surface area contributed by atoms with Crippen LogP contribution in [0.25, 0.3) is 27.7 Å². The molecule has 0 aliphatic rings. The quantitative estimate of drug-likeness (QED) is 0.420. The number of aromatic nitrogens is 2. The van der Waals surface area contributed by atoms with Gasteiger partial charge in [-0.3, -0.25) is 4.79 Å². The van der Waals surface area contributed by atoms with Gasteiger partial charge in [-0.2, -0.15) is 0 Å². The van der Waals surface area contributed by atoms with Crippen molar-refractivity contribution in [3.8, 4) is 17.0 Å². The molecule has 3 aromatic carbocycles. The molecule has 2 aromatic heterocycles. The van der Waals surface area contributed by atoms with Crippen molar-refractivity contribution in [2.75, 3.05) is 11.9 Å². The van der Waals surface area contributed by atoms with Crippen LogP contribution in [0.1, 0.15) is 5.56 Å². The molecule has 5 rings (SSSR count). The van der Waals surface area contributed by atoms with E-state index in [1.807, 2.05) is 103 Å². The number of nitrogens with zero attached hydrogens (tertiary/aromatic N) is 2. The van der Waals surface area contributed by atoms with Gasteiger partial charge < -0.3 is 14.5 Å². The fraction of sp³-hybridized carbons (Fsp3) is 0.0769. The molecule has 2 heterocycles. The van der Waals surface area contributed by atoms with Gasteiger partial charge in [0.05, 0.1) is 11.4 Å². The lowest BCUT2D eigenvalue weighted by atomic mass is 10.1. The summed E-state index contributed by atoms with van der Waals surface area (Å²) in [7, 11) is 0. The zero-order valence-electron chi connectivity index (χ0n) is 17.1. The van der Waals surface area contributed by atoms with E-state index in [-0.39, 0.29) is 12.5 Å². The predicted molar refractivity (Wildman–Crippen MR) is 123 cm³/mol. The van der Waals surface area contributed by atoms with E-state index in [4.69, 9.17) is 9.72 Å². The normalized spacial score (nSPS) is 11.0. The molecule has 5 aromatic rings. The summed E-state index contributed by atoms with van der Waals surface area (Å²) in [5.41, 5.74) is 4.37. The molecule has 0 saturated carbocycles. The van der Waals surface area contributed by atoms with Gasteiger partial charge in [-0.25, -0.2) is 4.98 Å². The molecule has 152 valence electrons. The minimum Gasteiger partial charge on any atom is -0.484 e. The van der Waals surface area contributed by atoms with E-state index in [1.54, 1.807) is 0 Å². The average molecular weight is 407 g/mol. The largest absolute Gasteiger partial charge is 0.484 e. The van der Waals surface area contributed by atoms with Crippen molar-refractivity contribution in [1.29, 1.82) is 0 Å². The van der Waals surface area contributed by atoms with Gasteiger partial charge in [0.2, 0.25) is 0 Å². The number of hydrogen-bond donors (Lipinski definition) is 1. The second-order valence-corrected chi connectivity index (χ2v) is 7.44. The molecule has 0 radical (unpaired) electrons. The summed E-state index contributed by atoms with van der Waals surface area (Å²) >= 11 is 0.